The molecule has 0 aromatic heterocycles. The van der Waals surface area contributed by atoms with Crippen molar-refractivity contribution in [1.82, 2.24) is 10.7 Å². The van der Waals surface area contributed by atoms with Crippen molar-refractivity contribution in [3.63, 3.8) is 0 Å². The Morgan fingerprint density at radius 3 is 3.00 bits per heavy atom. The molecule has 0 aliphatic heterocycles. The molecule has 0 fully saturated rings. The molecule has 5 nitrogen and oxygen atoms in total. The van der Waals surface area contributed by atoms with Crippen molar-refractivity contribution in [3.05, 3.63) is 23.8 Å². The zero-order chi connectivity index (χ0) is 14.1. The van der Waals surface area contributed by atoms with E-state index in [9.17, 15) is 5.11 Å². The third-order valence-corrected chi connectivity index (χ3v) is 2.64. The van der Waals surface area contributed by atoms with Gasteiger partial charge in [-0.15, -0.1) is 0 Å². The van der Waals surface area contributed by atoms with Crippen LogP contribution in [0.15, 0.2) is 23.3 Å². The predicted molar refractivity (Wildman–Crippen MR) is 80.9 cm³/mol. The first kappa shape index (κ1) is 15.2. The molecule has 19 heavy (non-hydrogen) atoms. The lowest BCUT2D eigenvalue weighted by Crippen LogP contribution is -2.32. The Kier molecular flexibility index (Phi) is 6.67. The molecule has 0 radical (unpaired) electrons. The Morgan fingerprint density at radius 1 is 1.53 bits per heavy atom. The lowest BCUT2D eigenvalue weighted by molar-refractivity contribution is 0.373. The van der Waals surface area contributed by atoms with E-state index >= 15 is 0 Å². The van der Waals surface area contributed by atoms with Gasteiger partial charge in [0.05, 0.1) is 13.3 Å². The first-order valence-corrected chi connectivity index (χ1v) is 6.52. The summed E-state index contributed by atoms with van der Waals surface area (Å²) in [6.07, 6.45) is 3.79. The zero-order valence-electron chi connectivity index (χ0n) is 11.1. The summed E-state index contributed by atoms with van der Waals surface area (Å²) in [4.78, 5) is 0. The molecule has 0 aliphatic carbocycles. The van der Waals surface area contributed by atoms with Crippen LogP contribution in [0.2, 0.25) is 0 Å². The highest BCUT2D eigenvalue weighted by molar-refractivity contribution is 7.80. The topological polar surface area (TPSA) is 65.9 Å². The summed E-state index contributed by atoms with van der Waals surface area (Å²) in [5, 5.41) is 17.0. The molecular weight excluding hydrogens is 262 g/mol. The van der Waals surface area contributed by atoms with Crippen LogP contribution in [0.3, 0.4) is 0 Å². The number of hydrogen-bond acceptors (Lipinski definition) is 4. The summed E-state index contributed by atoms with van der Waals surface area (Å²) in [7, 11) is 1.50. The number of ether oxygens (including phenoxy) is 1. The molecule has 1 aromatic carbocycles. The van der Waals surface area contributed by atoms with Crippen LogP contribution in [0.5, 0.6) is 11.5 Å². The number of thiocarbonyl (C=S) groups is 1. The quantitative estimate of drug-likeness (QED) is 0.322. The third kappa shape index (κ3) is 5.56. The summed E-state index contributed by atoms with van der Waals surface area (Å²) < 4.78 is 5.01. The molecule has 0 bridgehead atoms. The summed E-state index contributed by atoms with van der Waals surface area (Å²) in [6, 6.07) is 4.97. The molecule has 3 N–H and O–H groups in total. The van der Waals surface area contributed by atoms with Gasteiger partial charge in [0.25, 0.3) is 0 Å². The molecule has 0 heterocycles. The number of unbranched alkanes of at least 4 members (excludes halogenated alkanes) is 1. The van der Waals surface area contributed by atoms with Gasteiger partial charge >= 0.3 is 0 Å². The maximum atomic E-state index is 9.45. The van der Waals surface area contributed by atoms with E-state index in [4.69, 9.17) is 17.0 Å². The van der Waals surface area contributed by atoms with Crippen LogP contribution in [0.25, 0.3) is 0 Å². The standard InChI is InChI=1S/C13H19N3O2S/c1-3-4-7-14-13(19)16-15-9-10-5-6-11(17)12(8-10)18-2/h5-6,8-9,17H,3-4,7H2,1-2H3,(H2,14,16,19)/b15-9+. The number of phenols is 1. The van der Waals surface area contributed by atoms with Gasteiger partial charge in [0.15, 0.2) is 16.6 Å². The van der Waals surface area contributed by atoms with Crippen molar-refractivity contribution in [2.24, 2.45) is 5.10 Å². The number of hydrazone groups is 1. The van der Waals surface area contributed by atoms with Crippen molar-refractivity contribution in [3.8, 4) is 11.5 Å². The minimum atomic E-state index is 0.101. The molecule has 0 aliphatic rings. The van der Waals surface area contributed by atoms with Gasteiger partial charge in [-0.2, -0.15) is 5.10 Å². The van der Waals surface area contributed by atoms with E-state index in [0.717, 1.165) is 24.9 Å². The minimum Gasteiger partial charge on any atom is -0.504 e. The first-order chi connectivity index (χ1) is 9.17. The van der Waals surface area contributed by atoms with Gasteiger partial charge in [-0.1, -0.05) is 13.3 Å². The summed E-state index contributed by atoms with van der Waals surface area (Å²) in [5.74, 6) is 0.511. The molecule has 1 aromatic rings. The fraction of sp³-hybridized carbons (Fsp3) is 0.385. The largest absolute Gasteiger partial charge is 0.504 e. The molecule has 0 amide bonds. The maximum absolute atomic E-state index is 9.45. The van der Waals surface area contributed by atoms with Crippen molar-refractivity contribution >= 4 is 23.5 Å². The fourth-order valence-electron chi connectivity index (χ4n) is 1.36. The molecule has 0 saturated heterocycles. The molecule has 0 saturated carbocycles. The van der Waals surface area contributed by atoms with Crippen LogP contribution in [-0.2, 0) is 0 Å². The van der Waals surface area contributed by atoms with E-state index < -0.39 is 0 Å². The van der Waals surface area contributed by atoms with Gasteiger partial charge in [0.2, 0.25) is 0 Å². The summed E-state index contributed by atoms with van der Waals surface area (Å²) >= 11 is 5.05. The van der Waals surface area contributed by atoms with Crippen LogP contribution in [0, 0.1) is 0 Å². The summed E-state index contributed by atoms with van der Waals surface area (Å²) in [6.45, 7) is 2.96. The maximum Gasteiger partial charge on any atom is 0.186 e. The SMILES string of the molecule is CCCCNC(=S)N/N=C/c1ccc(O)c(OC)c1. The molecule has 0 unspecified atom stereocenters. The second-order valence-electron chi connectivity index (χ2n) is 3.91. The minimum absolute atomic E-state index is 0.101. The Hall–Kier alpha value is -1.82. The van der Waals surface area contributed by atoms with E-state index in [2.05, 4.69) is 22.8 Å². The van der Waals surface area contributed by atoms with Crippen molar-refractivity contribution in [1.29, 1.82) is 0 Å². The van der Waals surface area contributed by atoms with Crippen molar-refractivity contribution < 1.29 is 9.84 Å². The highest BCUT2D eigenvalue weighted by Gasteiger charge is 2.00. The molecule has 6 heteroatoms. The lowest BCUT2D eigenvalue weighted by atomic mass is 10.2. The average Bonchev–Trinajstić information content (AvgIpc) is 2.41. The Bertz CT molecular complexity index is 450. The van der Waals surface area contributed by atoms with Gasteiger partial charge < -0.3 is 15.2 Å². The second kappa shape index (κ2) is 8.31. The monoisotopic (exact) mass is 281 g/mol. The molecular formula is C13H19N3O2S. The van der Waals surface area contributed by atoms with Crippen LogP contribution < -0.4 is 15.5 Å². The van der Waals surface area contributed by atoms with E-state index in [1.54, 1.807) is 24.4 Å². The Balaban J connectivity index is 2.46. The number of benzene rings is 1. The molecule has 104 valence electrons. The van der Waals surface area contributed by atoms with E-state index in [0.29, 0.717) is 10.9 Å². The van der Waals surface area contributed by atoms with Gasteiger partial charge in [-0.05, 0) is 42.4 Å². The highest BCUT2D eigenvalue weighted by atomic mass is 32.1. The van der Waals surface area contributed by atoms with Gasteiger partial charge in [-0.3, -0.25) is 5.43 Å². The number of aromatic hydroxyl groups is 1. The Morgan fingerprint density at radius 2 is 2.32 bits per heavy atom. The zero-order valence-corrected chi connectivity index (χ0v) is 12.0. The smallest absolute Gasteiger partial charge is 0.186 e. The number of hydrogen-bond donors (Lipinski definition) is 3. The van der Waals surface area contributed by atoms with Crippen LogP contribution in [-0.4, -0.2) is 30.1 Å². The van der Waals surface area contributed by atoms with Gasteiger partial charge in [0, 0.05) is 6.54 Å². The van der Waals surface area contributed by atoms with Crippen LogP contribution in [0.4, 0.5) is 0 Å². The molecule has 0 spiro atoms. The number of phenolic OH excluding ortho intramolecular Hbond substituents is 1. The fourth-order valence-corrected chi connectivity index (χ4v) is 1.51. The second-order valence-corrected chi connectivity index (χ2v) is 4.32. The number of nitrogens with one attached hydrogen (secondary N) is 2. The van der Waals surface area contributed by atoms with Crippen molar-refractivity contribution in [2.75, 3.05) is 13.7 Å². The normalized spacial score (nSPS) is 10.4. The van der Waals surface area contributed by atoms with Crippen molar-refractivity contribution in [2.45, 2.75) is 19.8 Å². The third-order valence-electron chi connectivity index (χ3n) is 2.40. The first-order valence-electron chi connectivity index (χ1n) is 6.11. The lowest BCUT2D eigenvalue weighted by Gasteiger charge is -2.06. The van der Waals surface area contributed by atoms with Gasteiger partial charge in [-0.25, -0.2) is 0 Å². The predicted octanol–water partition coefficient (Wildman–Crippen LogP) is 2.00. The average molecular weight is 281 g/mol. The Labute approximate surface area is 118 Å². The van der Waals surface area contributed by atoms with Crippen LogP contribution >= 0.6 is 12.2 Å². The highest BCUT2D eigenvalue weighted by Crippen LogP contribution is 2.25. The number of rotatable bonds is 6. The number of methoxy groups -OCH3 is 1. The summed E-state index contributed by atoms with van der Waals surface area (Å²) in [5.41, 5.74) is 3.53. The van der Waals surface area contributed by atoms with E-state index in [1.165, 1.54) is 7.11 Å². The molecule has 0 atom stereocenters. The van der Waals surface area contributed by atoms with E-state index in [-0.39, 0.29) is 5.75 Å². The van der Waals surface area contributed by atoms with Gasteiger partial charge in [0.1, 0.15) is 0 Å². The number of nitrogens with zero attached hydrogens (tertiary/aromatic N) is 1. The van der Waals surface area contributed by atoms with E-state index in [1.807, 2.05) is 0 Å². The van der Waals surface area contributed by atoms with Crippen LogP contribution in [0.1, 0.15) is 25.3 Å². The molecule has 1 rings (SSSR count).